The summed E-state index contributed by atoms with van der Waals surface area (Å²) in [5.74, 6) is 1.04. The Kier molecular flexibility index (Phi) is 7.29. The fourth-order valence-electron chi connectivity index (χ4n) is 8.15. The number of amides is 1. The van der Waals surface area contributed by atoms with Gasteiger partial charge in [-0.2, -0.15) is 15.7 Å². The van der Waals surface area contributed by atoms with Crippen LogP contribution in [0, 0.1) is 5.41 Å². The Morgan fingerprint density at radius 1 is 0.804 bits per heavy atom. The number of carbonyl (C=O) groups excluding carboxylic acids is 1. The standard InChI is InChI=1S/C38H40N4O3S/c43-36-37(20-22-39-27-37)21-23-41(36)32-16-17-34-33(26-32)35(28-18-24-46(44,45)25-19-28)40-42(34)38(29-10-4-1-5-11-29,30-12-6-2-7-13-30)31-14-8-3-9-15-31/h1-17,26,28,39,44-45H,18-25,27H2. The van der Waals surface area contributed by atoms with Crippen LogP contribution in [0.5, 0.6) is 0 Å². The van der Waals surface area contributed by atoms with Gasteiger partial charge in [-0.25, -0.2) is 4.68 Å². The van der Waals surface area contributed by atoms with Gasteiger partial charge in [-0.05, 0) is 67.1 Å². The third kappa shape index (κ3) is 4.70. The molecule has 5 aromatic rings. The van der Waals surface area contributed by atoms with Crippen molar-refractivity contribution in [2.45, 2.75) is 37.1 Å². The zero-order valence-corrected chi connectivity index (χ0v) is 26.7. The smallest absolute Gasteiger partial charge is 0.234 e. The van der Waals surface area contributed by atoms with E-state index in [9.17, 15) is 13.9 Å². The topological polar surface area (TPSA) is 90.6 Å². The van der Waals surface area contributed by atoms with Gasteiger partial charge in [-0.3, -0.25) is 13.9 Å². The van der Waals surface area contributed by atoms with E-state index in [2.05, 4.69) is 101 Å². The molecule has 0 bridgehead atoms. The molecule has 0 saturated carbocycles. The van der Waals surface area contributed by atoms with Gasteiger partial charge in [0.2, 0.25) is 5.91 Å². The van der Waals surface area contributed by atoms with Crippen molar-refractivity contribution in [1.82, 2.24) is 15.1 Å². The number of anilines is 1. The molecule has 3 saturated heterocycles. The fraction of sp³-hybridized carbons (Fsp3) is 0.316. The summed E-state index contributed by atoms with van der Waals surface area (Å²) in [5.41, 5.74) is 5.04. The summed E-state index contributed by atoms with van der Waals surface area (Å²) in [6, 6.07) is 38.1. The van der Waals surface area contributed by atoms with E-state index < -0.39 is 16.1 Å². The van der Waals surface area contributed by atoms with Crippen LogP contribution < -0.4 is 10.2 Å². The summed E-state index contributed by atoms with van der Waals surface area (Å²) in [4.78, 5) is 15.8. The van der Waals surface area contributed by atoms with E-state index in [1.54, 1.807) is 0 Å². The van der Waals surface area contributed by atoms with E-state index >= 15 is 0 Å². The van der Waals surface area contributed by atoms with Crippen LogP contribution in [0.1, 0.15) is 54.0 Å². The minimum Gasteiger partial charge on any atom is -0.316 e. The molecule has 3 aliphatic heterocycles. The maximum atomic E-state index is 13.9. The van der Waals surface area contributed by atoms with Crippen LogP contribution in [0.25, 0.3) is 10.9 Å². The first-order valence-electron chi connectivity index (χ1n) is 16.4. The maximum absolute atomic E-state index is 13.9. The number of fused-ring (bicyclic) bond motifs is 1. The summed E-state index contributed by atoms with van der Waals surface area (Å²) in [6.07, 6.45) is 3.06. The first-order valence-corrected chi connectivity index (χ1v) is 18.3. The lowest BCUT2D eigenvalue weighted by Gasteiger charge is -2.39. The summed E-state index contributed by atoms with van der Waals surface area (Å²) in [6.45, 7) is 2.34. The van der Waals surface area contributed by atoms with Crippen LogP contribution >= 0.6 is 10.6 Å². The van der Waals surface area contributed by atoms with Crippen molar-refractivity contribution in [2.75, 3.05) is 36.0 Å². The molecule has 1 amide bonds. The van der Waals surface area contributed by atoms with Crippen molar-refractivity contribution in [2.24, 2.45) is 5.41 Å². The Morgan fingerprint density at radius 3 is 1.93 bits per heavy atom. The third-order valence-corrected chi connectivity index (χ3v) is 12.4. The molecule has 3 aliphatic rings. The predicted molar refractivity (Wildman–Crippen MR) is 186 cm³/mol. The zero-order valence-electron chi connectivity index (χ0n) is 25.9. The zero-order chi connectivity index (χ0) is 31.4. The number of hydrogen-bond acceptors (Lipinski definition) is 5. The highest BCUT2D eigenvalue weighted by molar-refractivity contribution is 8.24. The summed E-state index contributed by atoms with van der Waals surface area (Å²) in [7, 11) is -2.56. The molecule has 0 radical (unpaired) electrons. The highest BCUT2D eigenvalue weighted by atomic mass is 32.3. The van der Waals surface area contributed by atoms with E-state index in [0.717, 1.165) is 64.9 Å². The van der Waals surface area contributed by atoms with Crippen LogP contribution in [0.4, 0.5) is 5.69 Å². The number of rotatable bonds is 6. The number of carbonyl (C=O) groups is 1. The normalized spacial score (nSPS) is 22.6. The number of hydrogen-bond donors (Lipinski definition) is 3. The molecule has 4 heterocycles. The average molecular weight is 633 g/mol. The van der Waals surface area contributed by atoms with Crippen molar-refractivity contribution in [1.29, 1.82) is 0 Å². The van der Waals surface area contributed by atoms with Gasteiger partial charge in [-0.1, -0.05) is 91.0 Å². The second-order valence-corrected chi connectivity index (χ2v) is 15.6. The summed E-state index contributed by atoms with van der Waals surface area (Å²) >= 11 is 0. The molecular formula is C38H40N4O3S. The molecule has 3 fully saturated rings. The first-order chi connectivity index (χ1) is 22.4. The van der Waals surface area contributed by atoms with Gasteiger partial charge in [0.25, 0.3) is 0 Å². The van der Waals surface area contributed by atoms with Crippen LogP contribution in [0.15, 0.2) is 109 Å². The first kappa shape index (κ1) is 29.5. The van der Waals surface area contributed by atoms with Gasteiger partial charge in [0.1, 0.15) is 5.54 Å². The Bertz CT molecular complexity index is 1760. The van der Waals surface area contributed by atoms with Gasteiger partial charge < -0.3 is 10.2 Å². The maximum Gasteiger partial charge on any atom is 0.234 e. The molecule has 46 heavy (non-hydrogen) atoms. The van der Waals surface area contributed by atoms with Gasteiger partial charge in [-0.15, -0.1) is 0 Å². The number of benzene rings is 4. The Balaban J connectivity index is 1.38. The molecule has 1 aromatic heterocycles. The molecule has 0 aliphatic carbocycles. The largest absolute Gasteiger partial charge is 0.316 e. The van der Waals surface area contributed by atoms with E-state index in [4.69, 9.17) is 5.10 Å². The monoisotopic (exact) mass is 632 g/mol. The molecule has 236 valence electrons. The van der Waals surface area contributed by atoms with Crippen LogP contribution in [0.2, 0.25) is 0 Å². The van der Waals surface area contributed by atoms with Crippen molar-refractivity contribution >= 4 is 33.1 Å². The van der Waals surface area contributed by atoms with Gasteiger partial charge in [0.05, 0.1) is 16.6 Å². The predicted octanol–water partition coefficient (Wildman–Crippen LogP) is 7.22. The summed E-state index contributed by atoms with van der Waals surface area (Å²) < 4.78 is 23.2. The highest BCUT2D eigenvalue weighted by Gasteiger charge is 2.49. The minimum absolute atomic E-state index is 0.0681. The van der Waals surface area contributed by atoms with Crippen molar-refractivity contribution in [3.63, 3.8) is 0 Å². The molecule has 8 rings (SSSR count). The lowest BCUT2D eigenvalue weighted by Crippen LogP contribution is -2.38. The molecule has 1 spiro atoms. The van der Waals surface area contributed by atoms with Crippen molar-refractivity contribution < 1.29 is 13.9 Å². The van der Waals surface area contributed by atoms with E-state index in [-0.39, 0.29) is 17.2 Å². The van der Waals surface area contributed by atoms with Gasteiger partial charge >= 0.3 is 0 Å². The van der Waals surface area contributed by atoms with Crippen molar-refractivity contribution in [3.05, 3.63) is 132 Å². The van der Waals surface area contributed by atoms with E-state index in [1.807, 2.05) is 23.1 Å². The van der Waals surface area contributed by atoms with Crippen LogP contribution in [0.3, 0.4) is 0 Å². The van der Waals surface area contributed by atoms with E-state index in [1.165, 1.54) is 0 Å². The number of nitrogens with one attached hydrogen (secondary N) is 1. The lowest BCUT2D eigenvalue weighted by molar-refractivity contribution is -0.124. The third-order valence-electron chi connectivity index (χ3n) is 10.6. The molecule has 1 atom stereocenters. The second kappa shape index (κ2) is 11.4. The molecule has 8 heteroatoms. The quantitative estimate of drug-likeness (QED) is 0.172. The van der Waals surface area contributed by atoms with Gasteiger partial charge in [0, 0.05) is 41.6 Å². The average Bonchev–Trinajstić information content (AvgIpc) is 3.81. The minimum atomic E-state index is -2.56. The molecule has 7 nitrogen and oxygen atoms in total. The van der Waals surface area contributed by atoms with Crippen molar-refractivity contribution in [3.8, 4) is 0 Å². The number of aromatic nitrogens is 2. The summed E-state index contributed by atoms with van der Waals surface area (Å²) in [5, 5.41) is 10.0. The lowest BCUT2D eigenvalue weighted by atomic mass is 9.77. The fourth-order valence-corrected chi connectivity index (χ4v) is 9.68. The number of nitrogens with zero attached hydrogens (tertiary/aromatic N) is 3. The molecular weight excluding hydrogens is 593 g/mol. The van der Waals surface area contributed by atoms with Crippen LogP contribution in [-0.4, -0.2) is 55.9 Å². The molecule has 3 N–H and O–H groups in total. The van der Waals surface area contributed by atoms with Gasteiger partial charge in [0.15, 0.2) is 0 Å². The Labute approximate surface area is 271 Å². The second-order valence-electron chi connectivity index (χ2n) is 13.2. The Hall–Kier alpha value is -3.95. The van der Waals surface area contributed by atoms with E-state index in [0.29, 0.717) is 30.9 Å². The van der Waals surface area contributed by atoms with Crippen LogP contribution in [-0.2, 0) is 10.3 Å². The molecule has 4 aromatic carbocycles. The molecule has 1 unspecified atom stereocenters. The Morgan fingerprint density at radius 2 is 1.39 bits per heavy atom. The highest BCUT2D eigenvalue weighted by Crippen LogP contribution is 2.51. The SMILES string of the molecule is O=C1N(c2ccc3c(c2)c(C2CCS(O)(O)CC2)nn3C(c2ccccc2)(c2ccccc2)c2ccccc2)CCC12CCNC2.